The number of nitrogens with one attached hydrogen (secondary N) is 1. The second-order valence-electron chi connectivity index (χ2n) is 8.02. The largest absolute Gasteiger partial charge is 0.352 e. The Morgan fingerprint density at radius 3 is 2.70 bits per heavy atom. The molecule has 0 fully saturated rings. The maximum Gasteiger partial charge on any atom is 0.251 e. The Labute approximate surface area is 198 Å². The first-order valence-corrected chi connectivity index (χ1v) is 11.4. The molecule has 0 atom stereocenters. The number of benzene rings is 2. The fourth-order valence-electron chi connectivity index (χ4n) is 3.77. The SMILES string of the molecule is Cc1ccc(C(=O)NCCc2nnc3n2CCN(C(=O)C=Cc2cccc(Cl)c2)CC3)cc1. The van der Waals surface area contributed by atoms with Crippen LogP contribution in [0.3, 0.4) is 0 Å². The van der Waals surface area contributed by atoms with Gasteiger partial charge in [0.2, 0.25) is 5.91 Å². The fraction of sp³-hybridized carbons (Fsp3) is 0.280. The summed E-state index contributed by atoms with van der Waals surface area (Å²) in [4.78, 5) is 26.8. The molecule has 2 heterocycles. The van der Waals surface area contributed by atoms with E-state index in [-0.39, 0.29) is 11.8 Å². The maximum absolute atomic E-state index is 12.7. The topological polar surface area (TPSA) is 80.1 Å². The van der Waals surface area contributed by atoms with Crippen LogP contribution in [0.25, 0.3) is 6.08 Å². The summed E-state index contributed by atoms with van der Waals surface area (Å²) in [7, 11) is 0. The van der Waals surface area contributed by atoms with Gasteiger partial charge in [-0.25, -0.2) is 0 Å². The van der Waals surface area contributed by atoms with Crippen LogP contribution in [-0.4, -0.2) is 51.1 Å². The van der Waals surface area contributed by atoms with Gasteiger partial charge in [0.05, 0.1) is 0 Å². The number of rotatable bonds is 6. The van der Waals surface area contributed by atoms with Gasteiger partial charge in [0.15, 0.2) is 0 Å². The van der Waals surface area contributed by atoms with Gasteiger partial charge < -0.3 is 14.8 Å². The summed E-state index contributed by atoms with van der Waals surface area (Å²) < 4.78 is 2.06. The zero-order valence-electron chi connectivity index (χ0n) is 18.5. The van der Waals surface area contributed by atoms with E-state index in [1.165, 1.54) is 0 Å². The molecular formula is C25H26ClN5O2. The zero-order valence-corrected chi connectivity index (χ0v) is 19.3. The van der Waals surface area contributed by atoms with Crippen molar-refractivity contribution in [3.05, 3.63) is 88.0 Å². The van der Waals surface area contributed by atoms with Crippen LogP contribution >= 0.6 is 11.6 Å². The molecule has 0 bridgehead atoms. The monoisotopic (exact) mass is 463 g/mol. The third kappa shape index (κ3) is 5.87. The molecular weight excluding hydrogens is 438 g/mol. The Kier molecular flexibility index (Phi) is 7.19. The van der Waals surface area contributed by atoms with Gasteiger partial charge in [0.1, 0.15) is 11.6 Å². The quantitative estimate of drug-likeness (QED) is 0.569. The van der Waals surface area contributed by atoms with Crippen molar-refractivity contribution in [1.82, 2.24) is 25.0 Å². The lowest BCUT2D eigenvalue weighted by molar-refractivity contribution is -0.125. The molecule has 0 unspecified atom stereocenters. The molecule has 3 aromatic rings. The van der Waals surface area contributed by atoms with Gasteiger partial charge in [-0.3, -0.25) is 9.59 Å². The van der Waals surface area contributed by atoms with Crippen molar-refractivity contribution in [1.29, 1.82) is 0 Å². The van der Waals surface area contributed by atoms with Crippen LogP contribution in [0.2, 0.25) is 5.02 Å². The zero-order chi connectivity index (χ0) is 23.2. The van der Waals surface area contributed by atoms with E-state index in [2.05, 4.69) is 20.1 Å². The minimum Gasteiger partial charge on any atom is -0.352 e. The van der Waals surface area contributed by atoms with Crippen molar-refractivity contribution in [2.24, 2.45) is 0 Å². The highest BCUT2D eigenvalue weighted by Crippen LogP contribution is 2.14. The van der Waals surface area contributed by atoms with E-state index in [0.717, 1.165) is 22.8 Å². The van der Waals surface area contributed by atoms with Crippen molar-refractivity contribution in [2.45, 2.75) is 26.3 Å². The Bertz CT molecular complexity index is 1170. The summed E-state index contributed by atoms with van der Waals surface area (Å²) in [5.41, 5.74) is 2.64. The van der Waals surface area contributed by atoms with Crippen LogP contribution in [0.5, 0.6) is 0 Å². The second-order valence-corrected chi connectivity index (χ2v) is 8.46. The summed E-state index contributed by atoms with van der Waals surface area (Å²) >= 11 is 6.01. The number of carbonyl (C=O) groups is 2. The Balaban J connectivity index is 1.31. The number of amides is 2. The third-order valence-electron chi connectivity index (χ3n) is 5.63. The van der Waals surface area contributed by atoms with E-state index >= 15 is 0 Å². The van der Waals surface area contributed by atoms with E-state index in [1.807, 2.05) is 54.3 Å². The number of nitrogens with zero attached hydrogens (tertiary/aromatic N) is 4. The average Bonchev–Trinajstić information content (AvgIpc) is 3.06. The van der Waals surface area contributed by atoms with Gasteiger partial charge in [-0.2, -0.15) is 0 Å². The van der Waals surface area contributed by atoms with E-state index < -0.39 is 0 Å². The van der Waals surface area contributed by atoms with Crippen LogP contribution in [0.4, 0.5) is 0 Å². The molecule has 0 saturated carbocycles. The van der Waals surface area contributed by atoms with Crippen molar-refractivity contribution >= 4 is 29.5 Å². The minimum atomic E-state index is -0.103. The molecule has 8 heteroatoms. The van der Waals surface area contributed by atoms with Gasteiger partial charge in [-0.1, -0.05) is 41.4 Å². The molecule has 0 radical (unpaired) electrons. The van der Waals surface area contributed by atoms with Crippen LogP contribution in [0.15, 0.2) is 54.6 Å². The summed E-state index contributed by atoms with van der Waals surface area (Å²) in [6.07, 6.45) is 4.58. The molecule has 0 spiro atoms. The second kappa shape index (κ2) is 10.4. The molecule has 7 nitrogen and oxygen atoms in total. The van der Waals surface area contributed by atoms with E-state index in [4.69, 9.17) is 11.6 Å². The minimum absolute atomic E-state index is 0.0411. The highest BCUT2D eigenvalue weighted by atomic mass is 35.5. The first-order chi connectivity index (χ1) is 16.0. The van der Waals surface area contributed by atoms with Crippen molar-refractivity contribution in [2.75, 3.05) is 19.6 Å². The predicted molar refractivity (Wildman–Crippen MR) is 128 cm³/mol. The molecule has 2 aromatic carbocycles. The number of aromatic nitrogens is 3. The van der Waals surface area contributed by atoms with Gasteiger partial charge in [-0.15, -0.1) is 10.2 Å². The van der Waals surface area contributed by atoms with Gasteiger partial charge in [0.25, 0.3) is 5.91 Å². The van der Waals surface area contributed by atoms with Crippen molar-refractivity contribution in [3.8, 4) is 0 Å². The number of hydrogen-bond donors (Lipinski definition) is 1. The smallest absolute Gasteiger partial charge is 0.251 e. The number of hydrogen-bond acceptors (Lipinski definition) is 4. The van der Waals surface area contributed by atoms with Gasteiger partial charge >= 0.3 is 0 Å². The highest BCUT2D eigenvalue weighted by molar-refractivity contribution is 6.30. The van der Waals surface area contributed by atoms with Crippen molar-refractivity contribution in [3.63, 3.8) is 0 Å². The van der Waals surface area contributed by atoms with Gasteiger partial charge in [0, 0.05) is 55.7 Å². The maximum atomic E-state index is 12.7. The lowest BCUT2D eigenvalue weighted by atomic mass is 10.1. The predicted octanol–water partition coefficient (Wildman–Crippen LogP) is 3.31. The van der Waals surface area contributed by atoms with E-state index in [0.29, 0.717) is 49.6 Å². The molecule has 1 N–H and O–H groups in total. The lowest BCUT2D eigenvalue weighted by Crippen LogP contribution is -2.32. The Morgan fingerprint density at radius 2 is 1.91 bits per heavy atom. The molecule has 33 heavy (non-hydrogen) atoms. The molecule has 1 aliphatic rings. The molecule has 2 amide bonds. The van der Waals surface area contributed by atoms with Crippen LogP contribution in [-0.2, 0) is 24.2 Å². The normalized spacial score (nSPS) is 13.6. The lowest BCUT2D eigenvalue weighted by Gasteiger charge is -2.18. The summed E-state index contributed by atoms with van der Waals surface area (Å²) in [5.74, 6) is 1.54. The van der Waals surface area contributed by atoms with Crippen LogP contribution in [0.1, 0.15) is 33.1 Å². The highest BCUT2D eigenvalue weighted by Gasteiger charge is 2.20. The first kappa shape index (κ1) is 22.7. The van der Waals surface area contributed by atoms with E-state index in [9.17, 15) is 9.59 Å². The van der Waals surface area contributed by atoms with Crippen molar-refractivity contribution < 1.29 is 9.59 Å². The molecule has 1 aliphatic heterocycles. The van der Waals surface area contributed by atoms with Crippen LogP contribution in [0, 0.1) is 6.92 Å². The average molecular weight is 464 g/mol. The molecule has 0 saturated heterocycles. The Morgan fingerprint density at radius 1 is 1.09 bits per heavy atom. The third-order valence-corrected chi connectivity index (χ3v) is 5.86. The van der Waals surface area contributed by atoms with E-state index in [1.54, 1.807) is 18.2 Å². The van der Waals surface area contributed by atoms with Crippen LogP contribution < -0.4 is 5.32 Å². The fourth-order valence-corrected chi connectivity index (χ4v) is 3.97. The molecule has 170 valence electrons. The van der Waals surface area contributed by atoms with Gasteiger partial charge in [-0.05, 0) is 42.8 Å². The molecule has 0 aliphatic carbocycles. The molecule has 4 rings (SSSR count). The standard InChI is InChI=1S/C25H26ClN5O2/c1-18-5-8-20(9-6-18)25(33)27-13-11-22-28-29-23-12-14-30(15-16-31(22)23)24(32)10-7-19-3-2-4-21(26)17-19/h2-10,17H,11-16H2,1H3,(H,27,33). The number of fused-ring (bicyclic) bond motifs is 1. The number of carbonyl (C=O) groups excluding carboxylic acids is 2. The number of halogens is 1. The Hall–Kier alpha value is -3.45. The number of aryl methyl sites for hydroxylation is 1. The summed E-state index contributed by atoms with van der Waals surface area (Å²) in [6, 6.07) is 14.9. The molecule has 1 aromatic heterocycles. The summed E-state index contributed by atoms with van der Waals surface area (Å²) in [5, 5.41) is 12.2. The first-order valence-electron chi connectivity index (χ1n) is 11.0. The summed E-state index contributed by atoms with van der Waals surface area (Å²) in [6.45, 7) is 4.24.